The minimum absolute atomic E-state index is 0.468. The van der Waals surface area contributed by atoms with E-state index in [9.17, 15) is 0 Å². The lowest BCUT2D eigenvalue weighted by molar-refractivity contribution is 0.774. The maximum atomic E-state index is 4.60. The van der Waals surface area contributed by atoms with Crippen LogP contribution >= 0.6 is 0 Å². The Kier molecular flexibility index (Phi) is 7.21. The van der Waals surface area contributed by atoms with Gasteiger partial charge in [-0.2, -0.15) is 0 Å². The van der Waals surface area contributed by atoms with Gasteiger partial charge in [0.2, 0.25) is 0 Å². The summed E-state index contributed by atoms with van der Waals surface area (Å²) in [4.78, 5) is 9.19. The van der Waals surface area contributed by atoms with E-state index in [0.29, 0.717) is 5.92 Å². The van der Waals surface area contributed by atoms with Crippen LogP contribution < -0.4 is 0 Å². The normalized spacial score (nSPS) is 13.9. The van der Waals surface area contributed by atoms with Gasteiger partial charge in [-0.3, -0.25) is 9.97 Å². The predicted octanol–water partition coefficient (Wildman–Crippen LogP) is 12.6. The van der Waals surface area contributed by atoms with Crippen molar-refractivity contribution in [3.8, 4) is 55.9 Å². The highest BCUT2D eigenvalue weighted by atomic mass is 14.7. The van der Waals surface area contributed by atoms with Crippen LogP contribution in [0.3, 0.4) is 0 Å². The molecule has 232 valence electrons. The van der Waals surface area contributed by atoms with Crippen molar-refractivity contribution in [2.45, 2.75) is 19.3 Å². The molecule has 1 unspecified atom stereocenters. The Morgan fingerprint density at radius 2 is 1.00 bits per heavy atom. The second kappa shape index (κ2) is 12.2. The third-order valence-electron chi connectivity index (χ3n) is 10.0. The lowest BCUT2D eigenvalue weighted by Gasteiger charge is -2.23. The third-order valence-corrected chi connectivity index (χ3v) is 10.0. The molecular formula is C47H34N2. The van der Waals surface area contributed by atoms with Gasteiger partial charge in [-0.05, 0) is 109 Å². The maximum Gasteiger partial charge on any atom is 0.0701 e. The first kappa shape index (κ1) is 29.1. The summed E-state index contributed by atoms with van der Waals surface area (Å²) in [5.74, 6) is 0.468. The molecule has 0 saturated heterocycles. The number of fused-ring (bicyclic) bond motifs is 3. The van der Waals surface area contributed by atoms with E-state index < -0.39 is 0 Å². The molecule has 1 aliphatic rings. The van der Waals surface area contributed by atoms with Crippen molar-refractivity contribution in [2.24, 2.45) is 0 Å². The zero-order valence-corrected chi connectivity index (χ0v) is 27.3. The van der Waals surface area contributed by atoms with Crippen LogP contribution in [0.1, 0.15) is 30.4 Å². The zero-order chi connectivity index (χ0) is 32.7. The summed E-state index contributed by atoms with van der Waals surface area (Å²) in [6.07, 6.45) is 9.36. The lowest BCUT2D eigenvalue weighted by atomic mass is 9.81. The minimum Gasteiger partial charge on any atom is -0.256 e. The van der Waals surface area contributed by atoms with Crippen LogP contribution in [0, 0.1) is 0 Å². The highest BCUT2D eigenvalue weighted by Crippen LogP contribution is 2.46. The van der Waals surface area contributed by atoms with Crippen LogP contribution in [-0.4, -0.2) is 9.97 Å². The molecule has 0 fully saturated rings. The van der Waals surface area contributed by atoms with Gasteiger partial charge in [-0.1, -0.05) is 134 Å². The number of rotatable bonds is 5. The molecule has 1 aliphatic carbocycles. The number of allylic oxidation sites excluding steroid dienone is 1. The number of aromatic nitrogens is 2. The van der Waals surface area contributed by atoms with E-state index in [1.54, 1.807) is 0 Å². The highest BCUT2D eigenvalue weighted by Gasteiger charge is 2.21. The summed E-state index contributed by atoms with van der Waals surface area (Å²) in [5.41, 5.74) is 14.4. The van der Waals surface area contributed by atoms with Gasteiger partial charge in [0.1, 0.15) is 0 Å². The van der Waals surface area contributed by atoms with Crippen LogP contribution in [0.15, 0.2) is 164 Å². The number of nitrogens with zero attached hydrogens (tertiary/aromatic N) is 2. The fourth-order valence-corrected chi connectivity index (χ4v) is 7.70. The summed E-state index contributed by atoms with van der Waals surface area (Å²) < 4.78 is 0. The van der Waals surface area contributed by atoms with Gasteiger partial charge in [0.15, 0.2) is 0 Å². The van der Waals surface area contributed by atoms with Crippen LogP contribution in [0.25, 0.3) is 83.5 Å². The van der Waals surface area contributed by atoms with Crippen molar-refractivity contribution in [3.63, 3.8) is 0 Å². The van der Waals surface area contributed by atoms with E-state index in [0.717, 1.165) is 28.9 Å². The molecule has 0 radical (unpaired) electrons. The van der Waals surface area contributed by atoms with Crippen molar-refractivity contribution in [3.05, 3.63) is 175 Å². The third kappa shape index (κ3) is 5.14. The molecule has 9 rings (SSSR count). The van der Waals surface area contributed by atoms with E-state index >= 15 is 0 Å². The molecule has 1 atom stereocenters. The molecule has 0 bridgehead atoms. The molecule has 0 spiro atoms. The Labute approximate surface area is 287 Å². The Hall–Kier alpha value is -6.12. The molecule has 0 N–H and O–H groups in total. The molecule has 49 heavy (non-hydrogen) atoms. The van der Waals surface area contributed by atoms with Gasteiger partial charge < -0.3 is 0 Å². The van der Waals surface area contributed by atoms with Crippen molar-refractivity contribution in [2.75, 3.05) is 0 Å². The van der Waals surface area contributed by atoms with Crippen molar-refractivity contribution < 1.29 is 0 Å². The second-order valence-electron chi connectivity index (χ2n) is 13.0. The molecule has 8 aromatic rings. The van der Waals surface area contributed by atoms with Gasteiger partial charge in [0, 0.05) is 23.5 Å². The molecule has 6 aromatic carbocycles. The monoisotopic (exact) mass is 626 g/mol. The summed E-state index contributed by atoms with van der Waals surface area (Å²) in [6.45, 7) is 2.35. The van der Waals surface area contributed by atoms with E-state index in [1.165, 1.54) is 66.1 Å². The molecule has 2 heteroatoms. The number of pyridine rings is 2. The Morgan fingerprint density at radius 1 is 0.469 bits per heavy atom. The number of hydrogen-bond acceptors (Lipinski definition) is 2. The molecule has 0 saturated carbocycles. The number of hydrogen-bond donors (Lipinski definition) is 0. The quantitative estimate of drug-likeness (QED) is 0.178. The smallest absolute Gasteiger partial charge is 0.0701 e. The van der Waals surface area contributed by atoms with Crippen molar-refractivity contribution >= 4 is 27.6 Å². The minimum atomic E-state index is 0.468. The van der Waals surface area contributed by atoms with Gasteiger partial charge in [0.05, 0.1) is 11.4 Å². The van der Waals surface area contributed by atoms with Crippen LogP contribution in [0.4, 0.5) is 0 Å². The Balaban J connectivity index is 1.30. The molecule has 2 heterocycles. The first-order valence-electron chi connectivity index (χ1n) is 17.0. The Bertz CT molecular complexity index is 2500. The molecule has 0 amide bonds. The predicted molar refractivity (Wildman–Crippen MR) is 206 cm³/mol. The van der Waals surface area contributed by atoms with Crippen molar-refractivity contribution in [1.29, 1.82) is 0 Å². The highest BCUT2D eigenvalue weighted by molar-refractivity contribution is 6.22. The molecular weight excluding hydrogens is 593 g/mol. The summed E-state index contributed by atoms with van der Waals surface area (Å²) in [6, 6.07) is 52.7. The van der Waals surface area contributed by atoms with Crippen LogP contribution in [-0.2, 0) is 0 Å². The van der Waals surface area contributed by atoms with Gasteiger partial charge >= 0.3 is 0 Å². The zero-order valence-electron chi connectivity index (χ0n) is 27.3. The number of benzene rings is 6. The summed E-state index contributed by atoms with van der Waals surface area (Å²) >= 11 is 0. The average Bonchev–Trinajstić information content (AvgIpc) is 3.17. The fourth-order valence-electron chi connectivity index (χ4n) is 7.70. The summed E-state index contributed by atoms with van der Waals surface area (Å²) in [5, 5.41) is 4.98. The van der Waals surface area contributed by atoms with E-state index in [4.69, 9.17) is 0 Å². The second-order valence-corrected chi connectivity index (χ2v) is 13.0. The lowest BCUT2D eigenvalue weighted by Crippen LogP contribution is -2.02. The fraction of sp³-hybridized carbons (Fsp3) is 0.0638. The van der Waals surface area contributed by atoms with E-state index in [2.05, 4.69) is 150 Å². The Morgan fingerprint density at radius 3 is 1.59 bits per heavy atom. The topological polar surface area (TPSA) is 25.8 Å². The van der Waals surface area contributed by atoms with Gasteiger partial charge in [-0.15, -0.1) is 0 Å². The van der Waals surface area contributed by atoms with Crippen molar-refractivity contribution in [1.82, 2.24) is 9.97 Å². The first-order chi connectivity index (χ1) is 24.2. The van der Waals surface area contributed by atoms with Crippen LogP contribution in [0.2, 0.25) is 0 Å². The molecule has 0 aliphatic heterocycles. The molecule has 2 nitrogen and oxygen atoms in total. The molecule has 2 aromatic heterocycles. The average molecular weight is 627 g/mol. The van der Waals surface area contributed by atoms with Gasteiger partial charge in [0.25, 0.3) is 0 Å². The standard InChI is InChI=1S/C47H34N2/c1-31-10-8-11-34-12-9-15-38(45(31)34)37-26-27-41-42(30-37)47(36-24-20-33(21-25-36)44-17-5-7-29-49-44)40-14-3-2-13-39(40)46(41)35-22-18-32(19-23-35)43-16-4-6-28-48-43/h2-9,11-31H,10H2,1H3. The maximum absolute atomic E-state index is 4.60. The van der Waals surface area contributed by atoms with E-state index in [-0.39, 0.29) is 0 Å². The largest absolute Gasteiger partial charge is 0.256 e. The SMILES string of the molecule is CC1CC=Cc2cccc(-c3ccc4c(-c5ccc(-c6ccccn6)cc5)c5ccccc5c(-c5ccc(-c6ccccn6)cc5)c4c3)c21. The van der Waals surface area contributed by atoms with Gasteiger partial charge in [-0.25, -0.2) is 0 Å². The van der Waals surface area contributed by atoms with Crippen LogP contribution in [0.5, 0.6) is 0 Å². The summed E-state index contributed by atoms with van der Waals surface area (Å²) in [7, 11) is 0. The first-order valence-corrected chi connectivity index (χ1v) is 17.0. The van der Waals surface area contributed by atoms with E-state index in [1.807, 2.05) is 36.7 Å².